The highest BCUT2D eigenvalue weighted by Crippen LogP contribution is 2.23. The minimum absolute atomic E-state index is 0.00234. The molecule has 0 atom stereocenters. The molecule has 0 aliphatic rings. The lowest BCUT2D eigenvalue weighted by atomic mass is 10.2. The van der Waals surface area contributed by atoms with Crippen LogP contribution in [0.25, 0.3) is 0 Å². The third-order valence-electron chi connectivity index (χ3n) is 2.34. The summed E-state index contributed by atoms with van der Waals surface area (Å²) in [6.45, 7) is 0.618. The number of nitro groups is 1. The van der Waals surface area contributed by atoms with Crippen molar-refractivity contribution in [3.63, 3.8) is 0 Å². The van der Waals surface area contributed by atoms with Crippen molar-refractivity contribution < 1.29 is 9.72 Å². The van der Waals surface area contributed by atoms with Crippen LogP contribution in [-0.4, -0.2) is 22.7 Å². The van der Waals surface area contributed by atoms with E-state index >= 15 is 0 Å². The van der Waals surface area contributed by atoms with Crippen LogP contribution >= 0.6 is 27.3 Å². The van der Waals surface area contributed by atoms with Crippen molar-refractivity contribution in [3.8, 4) is 0 Å². The first-order chi connectivity index (χ1) is 8.65. The van der Waals surface area contributed by atoms with Crippen molar-refractivity contribution in [3.05, 3.63) is 27.1 Å². The zero-order chi connectivity index (χ0) is 13.4. The number of nitrogens with zero attached hydrogens (tertiary/aromatic N) is 1. The smallest absolute Gasteiger partial charge is 0.324 e. The van der Waals surface area contributed by atoms with Gasteiger partial charge < -0.3 is 5.32 Å². The fourth-order valence-electron chi connectivity index (χ4n) is 1.41. The average Bonchev–Trinajstić information content (AvgIpc) is 2.83. The number of hydrogen-bond donors (Lipinski definition) is 1. The van der Waals surface area contributed by atoms with Crippen LogP contribution in [0.5, 0.6) is 0 Å². The Balaban J connectivity index is 2.25. The van der Waals surface area contributed by atoms with E-state index in [0.29, 0.717) is 11.4 Å². The van der Waals surface area contributed by atoms with Crippen molar-refractivity contribution in [2.45, 2.75) is 25.7 Å². The number of halogens is 1. The molecule has 0 saturated carbocycles. The molecule has 5 nitrogen and oxygen atoms in total. The average molecular weight is 335 g/mol. The van der Waals surface area contributed by atoms with Gasteiger partial charge in [0, 0.05) is 17.9 Å². The second kappa shape index (κ2) is 8.20. The van der Waals surface area contributed by atoms with Crippen LogP contribution in [0.15, 0.2) is 12.1 Å². The second-order valence-corrected chi connectivity index (χ2v) is 5.61. The van der Waals surface area contributed by atoms with Crippen molar-refractivity contribution >= 4 is 38.2 Å². The number of hydrogen-bond acceptors (Lipinski definition) is 4. The predicted molar refractivity (Wildman–Crippen MR) is 75.6 cm³/mol. The van der Waals surface area contributed by atoms with Crippen LogP contribution in [0.1, 0.15) is 35.4 Å². The van der Waals surface area contributed by atoms with Crippen LogP contribution in [0, 0.1) is 10.1 Å². The van der Waals surface area contributed by atoms with E-state index in [4.69, 9.17) is 0 Å². The first kappa shape index (κ1) is 15.1. The summed E-state index contributed by atoms with van der Waals surface area (Å²) in [5, 5.41) is 14.3. The topological polar surface area (TPSA) is 72.2 Å². The van der Waals surface area contributed by atoms with Crippen LogP contribution in [-0.2, 0) is 0 Å². The van der Waals surface area contributed by atoms with Crippen LogP contribution in [0.3, 0.4) is 0 Å². The monoisotopic (exact) mass is 334 g/mol. The van der Waals surface area contributed by atoms with E-state index in [2.05, 4.69) is 21.2 Å². The normalized spacial score (nSPS) is 10.3. The van der Waals surface area contributed by atoms with Gasteiger partial charge in [0.15, 0.2) is 0 Å². The molecule has 0 spiro atoms. The highest BCUT2D eigenvalue weighted by molar-refractivity contribution is 9.09. The Hall–Kier alpha value is -0.950. The largest absolute Gasteiger partial charge is 0.351 e. The molecule has 1 heterocycles. The van der Waals surface area contributed by atoms with Crippen molar-refractivity contribution in [2.24, 2.45) is 0 Å². The van der Waals surface area contributed by atoms with Gasteiger partial charge in [-0.25, -0.2) is 0 Å². The van der Waals surface area contributed by atoms with Gasteiger partial charge in [-0.05, 0) is 18.9 Å². The van der Waals surface area contributed by atoms with E-state index in [1.54, 1.807) is 0 Å². The summed E-state index contributed by atoms with van der Waals surface area (Å²) in [7, 11) is 0. The summed E-state index contributed by atoms with van der Waals surface area (Å²) in [5.74, 6) is -0.228. The van der Waals surface area contributed by atoms with E-state index in [9.17, 15) is 14.9 Å². The molecule has 1 rings (SSSR count). The molecule has 0 unspecified atom stereocenters. The zero-order valence-electron chi connectivity index (χ0n) is 9.86. The Morgan fingerprint density at radius 3 is 2.67 bits per heavy atom. The lowest BCUT2D eigenvalue weighted by Crippen LogP contribution is -2.23. The number of rotatable bonds is 8. The molecule has 100 valence electrons. The Bertz CT molecular complexity index is 409. The van der Waals surface area contributed by atoms with Gasteiger partial charge in [-0.3, -0.25) is 14.9 Å². The number of carbonyl (C=O) groups is 1. The summed E-state index contributed by atoms with van der Waals surface area (Å²) >= 11 is 4.27. The van der Waals surface area contributed by atoms with Gasteiger partial charge in [-0.2, -0.15) is 0 Å². The molecule has 0 radical (unpaired) electrons. The summed E-state index contributed by atoms with van der Waals surface area (Å²) in [5.41, 5.74) is 0. The SMILES string of the molecule is O=C(NCCCCCCBr)c1ccc([N+](=O)[O-])s1. The number of thiophene rings is 1. The number of carbonyl (C=O) groups excluding carboxylic acids is 1. The lowest BCUT2D eigenvalue weighted by molar-refractivity contribution is -0.380. The van der Waals surface area contributed by atoms with E-state index in [-0.39, 0.29) is 10.9 Å². The summed E-state index contributed by atoms with van der Waals surface area (Å²) < 4.78 is 0. The third-order valence-corrected chi connectivity index (χ3v) is 3.94. The van der Waals surface area contributed by atoms with E-state index in [1.165, 1.54) is 12.1 Å². The van der Waals surface area contributed by atoms with Crippen LogP contribution < -0.4 is 5.32 Å². The van der Waals surface area contributed by atoms with Gasteiger partial charge in [0.2, 0.25) is 0 Å². The van der Waals surface area contributed by atoms with E-state index in [0.717, 1.165) is 42.4 Å². The number of alkyl halides is 1. The molecule has 1 aromatic rings. The predicted octanol–water partition coefficient (Wildman–Crippen LogP) is 3.34. The zero-order valence-corrected chi connectivity index (χ0v) is 12.3. The van der Waals surface area contributed by atoms with Crippen LogP contribution in [0.4, 0.5) is 5.00 Å². The van der Waals surface area contributed by atoms with Gasteiger partial charge in [0.25, 0.3) is 5.91 Å². The molecule has 1 amide bonds. The van der Waals surface area contributed by atoms with Gasteiger partial charge in [0.05, 0.1) is 9.80 Å². The standard InChI is InChI=1S/C11H15BrN2O3S/c12-7-3-1-2-4-8-13-11(15)9-5-6-10(18-9)14(16)17/h5-6H,1-4,7-8H2,(H,13,15). The number of amides is 1. The molecule has 18 heavy (non-hydrogen) atoms. The number of unbranched alkanes of at least 4 members (excludes halogenated alkanes) is 3. The first-order valence-corrected chi connectivity index (χ1v) is 7.67. The number of nitrogens with one attached hydrogen (secondary N) is 1. The molecule has 0 saturated heterocycles. The molecular formula is C11H15BrN2O3S. The summed E-state index contributed by atoms with van der Waals surface area (Å²) in [6.07, 6.45) is 4.30. The quantitative estimate of drug-likeness (QED) is 0.343. The Morgan fingerprint density at radius 1 is 1.33 bits per heavy atom. The van der Waals surface area contributed by atoms with Gasteiger partial charge in [-0.1, -0.05) is 40.1 Å². The minimum atomic E-state index is -0.484. The van der Waals surface area contributed by atoms with E-state index in [1.807, 2.05) is 0 Å². The van der Waals surface area contributed by atoms with Crippen molar-refractivity contribution in [1.82, 2.24) is 5.32 Å². The van der Waals surface area contributed by atoms with Crippen molar-refractivity contribution in [2.75, 3.05) is 11.9 Å². The summed E-state index contributed by atoms with van der Waals surface area (Å²) in [4.78, 5) is 22.0. The minimum Gasteiger partial charge on any atom is -0.351 e. The Kier molecular flexibility index (Phi) is 6.89. The summed E-state index contributed by atoms with van der Waals surface area (Å²) in [6, 6.07) is 2.85. The Morgan fingerprint density at radius 2 is 2.06 bits per heavy atom. The first-order valence-electron chi connectivity index (χ1n) is 5.73. The highest BCUT2D eigenvalue weighted by atomic mass is 79.9. The fourth-order valence-corrected chi connectivity index (χ4v) is 2.54. The molecule has 1 aromatic heterocycles. The molecule has 0 aliphatic heterocycles. The molecule has 1 N–H and O–H groups in total. The molecule has 0 aliphatic carbocycles. The van der Waals surface area contributed by atoms with Gasteiger partial charge in [-0.15, -0.1) is 0 Å². The van der Waals surface area contributed by atoms with Crippen molar-refractivity contribution in [1.29, 1.82) is 0 Å². The highest BCUT2D eigenvalue weighted by Gasteiger charge is 2.14. The maximum absolute atomic E-state index is 11.6. The maximum atomic E-state index is 11.6. The van der Waals surface area contributed by atoms with Gasteiger partial charge >= 0.3 is 5.00 Å². The third kappa shape index (κ3) is 5.14. The molecule has 0 fully saturated rings. The van der Waals surface area contributed by atoms with Crippen LogP contribution in [0.2, 0.25) is 0 Å². The molecule has 0 bridgehead atoms. The van der Waals surface area contributed by atoms with Gasteiger partial charge in [0.1, 0.15) is 0 Å². The van der Waals surface area contributed by atoms with E-state index < -0.39 is 4.92 Å². The second-order valence-electron chi connectivity index (χ2n) is 3.75. The maximum Gasteiger partial charge on any atom is 0.324 e. The molecular weight excluding hydrogens is 320 g/mol. The molecule has 7 heteroatoms. The fraction of sp³-hybridized carbons (Fsp3) is 0.545. The lowest BCUT2D eigenvalue weighted by Gasteiger charge is -2.02. The Labute approximate surface area is 118 Å². The molecule has 0 aromatic carbocycles.